The average Bonchev–Trinajstić information content (AvgIpc) is 3.00. The maximum Gasteiger partial charge on any atom is 0.0185 e. The third kappa shape index (κ3) is 2.14. The first-order chi connectivity index (χ1) is 7.95. The summed E-state index contributed by atoms with van der Waals surface area (Å²) in [5, 5.41) is 3.29. The average molecular weight is 236 g/mol. The highest BCUT2D eigenvalue weighted by Gasteiger charge is 2.18. The summed E-state index contributed by atoms with van der Waals surface area (Å²) in [4.78, 5) is 3.43. The molecule has 88 valence electrons. The van der Waals surface area contributed by atoms with Crippen molar-refractivity contribution in [1.29, 1.82) is 0 Å². The molecule has 1 aromatic rings. The Labute approximate surface area is 103 Å². The van der Waals surface area contributed by atoms with Crippen molar-refractivity contribution in [3.05, 3.63) is 29.2 Å². The van der Waals surface area contributed by atoms with Crippen LogP contribution in [0.3, 0.4) is 0 Å². The summed E-state index contributed by atoms with van der Waals surface area (Å²) < 4.78 is 0. The van der Waals surface area contributed by atoms with Gasteiger partial charge in [-0.1, -0.05) is 0 Å². The van der Waals surface area contributed by atoms with Gasteiger partial charge in [-0.3, -0.25) is 0 Å². The molecule has 0 fully saturated rings. The van der Waals surface area contributed by atoms with Crippen molar-refractivity contribution in [2.75, 3.05) is 12.8 Å². The molecule has 0 spiro atoms. The van der Waals surface area contributed by atoms with Gasteiger partial charge in [0.1, 0.15) is 0 Å². The number of thiol groups is 1. The van der Waals surface area contributed by atoms with E-state index in [4.69, 9.17) is 0 Å². The van der Waals surface area contributed by atoms with Gasteiger partial charge in [0.15, 0.2) is 0 Å². The molecule has 2 nitrogen and oxygen atoms in total. The van der Waals surface area contributed by atoms with Gasteiger partial charge < -0.3 is 10.3 Å². The van der Waals surface area contributed by atoms with E-state index in [-0.39, 0.29) is 0 Å². The Morgan fingerprint density at radius 1 is 1.12 bits per heavy atom. The van der Waals surface area contributed by atoms with Crippen molar-refractivity contribution >= 4 is 18.2 Å². The molecule has 0 radical (unpaired) electrons. The van der Waals surface area contributed by atoms with Crippen LogP contribution in [0.4, 0.5) is 0 Å². The molecule has 0 amide bonds. The number of rotatable bonds is 1. The normalized spacial score (nSPS) is 18.0. The smallest absolute Gasteiger partial charge is 0.0185 e. The molecule has 1 aliphatic heterocycles. The van der Waals surface area contributed by atoms with Gasteiger partial charge in [-0.05, 0) is 49.5 Å². The van der Waals surface area contributed by atoms with Crippen LogP contribution >= 0.6 is 12.6 Å². The summed E-state index contributed by atoms with van der Waals surface area (Å²) in [5.41, 5.74) is 6.04. The first-order valence-electron chi connectivity index (χ1n) is 6.02. The van der Waals surface area contributed by atoms with Crippen molar-refractivity contribution in [2.24, 2.45) is 0 Å². The number of hydrogen-bond donors (Lipinski definition) is 3. The van der Waals surface area contributed by atoms with Crippen LogP contribution in [0.1, 0.15) is 36.1 Å². The minimum atomic E-state index is 1.11. The van der Waals surface area contributed by atoms with Gasteiger partial charge in [0.2, 0.25) is 0 Å². The fourth-order valence-electron chi connectivity index (χ4n) is 2.58. The summed E-state index contributed by atoms with van der Waals surface area (Å²) in [6, 6.07) is 0. The molecule has 0 saturated carbocycles. The molecule has 0 unspecified atom stereocenters. The molecular formula is C13H20N2S. The van der Waals surface area contributed by atoms with Crippen LogP contribution in [-0.4, -0.2) is 17.8 Å². The Hall–Kier alpha value is -0.830. The highest BCUT2D eigenvalue weighted by molar-refractivity contribution is 7.79. The Bertz CT molecular complexity index is 379. The largest absolute Gasteiger partial charge is 0.390 e. The van der Waals surface area contributed by atoms with Crippen LogP contribution in [-0.2, 0) is 12.8 Å². The quantitative estimate of drug-likeness (QED) is 0.643. The van der Waals surface area contributed by atoms with Crippen molar-refractivity contribution in [3.63, 3.8) is 0 Å². The molecule has 0 atom stereocenters. The summed E-state index contributed by atoms with van der Waals surface area (Å²) >= 11 is 3.53. The molecule has 2 aliphatic rings. The zero-order valence-electron chi connectivity index (χ0n) is 9.84. The van der Waals surface area contributed by atoms with Crippen LogP contribution in [0.15, 0.2) is 12.4 Å². The second-order valence-corrected chi connectivity index (χ2v) is 4.24. The maximum atomic E-state index is 3.53. The lowest BCUT2D eigenvalue weighted by Gasteiger charge is -2.12. The van der Waals surface area contributed by atoms with Crippen LogP contribution < -0.4 is 5.32 Å². The number of fused-ring (bicyclic) bond motifs is 1. The number of nitrogens with one attached hydrogen (secondary N) is 2. The zero-order valence-corrected chi connectivity index (χ0v) is 10.7. The van der Waals surface area contributed by atoms with E-state index in [9.17, 15) is 0 Å². The van der Waals surface area contributed by atoms with Gasteiger partial charge in [-0.15, -0.1) is 0 Å². The number of aromatic nitrogens is 1. The minimum absolute atomic E-state index is 1.11. The summed E-state index contributed by atoms with van der Waals surface area (Å²) in [5.74, 6) is 0. The maximum absolute atomic E-state index is 3.53. The Morgan fingerprint density at radius 3 is 2.69 bits per heavy atom. The Balaban J connectivity index is 0.000000457. The number of aromatic amines is 1. The predicted octanol–water partition coefficient (Wildman–Crippen LogP) is 2.77. The van der Waals surface area contributed by atoms with Gasteiger partial charge in [-0.25, -0.2) is 0 Å². The molecule has 1 aliphatic carbocycles. The molecule has 2 heterocycles. The highest BCUT2D eigenvalue weighted by Crippen LogP contribution is 2.30. The van der Waals surface area contributed by atoms with E-state index in [1.54, 1.807) is 11.8 Å². The van der Waals surface area contributed by atoms with E-state index in [0.29, 0.717) is 0 Å². The van der Waals surface area contributed by atoms with Crippen molar-refractivity contribution < 1.29 is 0 Å². The first-order valence-corrected chi connectivity index (χ1v) is 6.91. The van der Waals surface area contributed by atoms with Crippen LogP contribution in [0.25, 0.3) is 5.57 Å². The Kier molecular flexibility index (Phi) is 3.99. The van der Waals surface area contributed by atoms with Gasteiger partial charge in [0.25, 0.3) is 0 Å². The van der Waals surface area contributed by atoms with Crippen molar-refractivity contribution in [3.8, 4) is 0 Å². The fraction of sp³-hybridized carbons (Fsp3) is 0.538. The third-order valence-electron chi connectivity index (χ3n) is 3.34. The second-order valence-electron chi connectivity index (χ2n) is 4.24. The van der Waals surface area contributed by atoms with Gasteiger partial charge >= 0.3 is 0 Å². The first kappa shape index (κ1) is 11.6. The van der Waals surface area contributed by atoms with Gasteiger partial charge in [0, 0.05) is 30.2 Å². The predicted molar refractivity (Wildman–Crippen MR) is 72.9 cm³/mol. The monoisotopic (exact) mass is 236 g/mol. The van der Waals surface area contributed by atoms with Crippen LogP contribution in [0.2, 0.25) is 0 Å². The fourth-order valence-corrected chi connectivity index (χ4v) is 2.58. The SMILES string of the molecule is C1=C(c2c[nH]c3c2CCCC3)CCN1.CS. The van der Waals surface area contributed by atoms with E-state index in [0.717, 1.165) is 6.54 Å². The highest BCUT2D eigenvalue weighted by atomic mass is 32.1. The number of aryl methyl sites for hydroxylation is 1. The lowest BCUT2D eigenvalue weighted by molar-refractivity contribution is 0.676. The second kappa shape index (κ2) is 5.48. The molecule has 2 N–H and O–H groups in total. The Morgan fingerprint density at radius 2 is 1.94 bits per heavy atom. The zero-order chi connectivity index (χ0) is 11.4. The van der Waals surface area contributed by atoms with Crippen LogP contribution in [0.5, 0.6) is 0 Å². The van der Waals surface area contributed by atoms with E-state index >= 15 is 0 Å². The molecule has 0 aromatic carbocycles. The van der Waals surface area contributed by atoms with E-state index in [2.05, 4.69) is 35.3 Å². The van der Waals surface area contributed by atoms with E-state index < -0.39 is 0 Å². The molecule has 16 heavy (non-hydrogen) atoms. The van der Waals surface area contributed by atoms with Crippen molar-refractivity contribution in [1.82, 2.24) is 10.3 Å². The molecule has 3 rings (SSSR count). The molecule has 0 bridgehead atoms. The molecule has 1 aromatic heterocycles. The number of hydrogen-bond acceptors (Lipinski definition) is 2. The van der Waals surface area contributed by atoms with E-state index in [1.165, 1.54) is 48.9 Å². The third-order valence-corrected chi connectivity index (χ3v) is 3.34. The summed E-state index contributed by atoms with van der Waals surface area (Å²) in [6.07, 6.45) is 12.5. The minimum Gasteiger partial charge on any atom is -0.390 e. The van der Waals surface area contributed by atoms with Gasteiger partial charge in [0.05, 0.1) is 0 Å². The van der Waals surface area contributed by atoms with Crippen LogP contribution in [0, 0.1) is 0 Å². The lowest BCUT2D eigenvalue weighted by Crippen LogP contribution is -2.02. The molecular weight excluding hydrogens is 216 g/mol. The van der Waals surface area contributed by atoms with E-state index in [1.807, 2.05) is 0 Å². The summed E-state index contributed by atoms with van der Waals surface area (Å²) in [7, 11) is 0. The molecule has 3 heteroatoms. The molecule has 0 saturated heterocycles. The van der Waals surface area contributed by atoms with Crippen molar-refractivity contribution in [2.45, 2.75) is 32.1 Å². The standard InChI is InChI=1S/C12H16N2.CH4S/c1-2-4-12-10(3-1)11(8-14-12)9-5-6-13-7-9;1-2/h7-8,13-14H,1-6H2;2H,1H3. The topological polar surface area (TPSA) is 27.8 Å². The number of H-pyrrole nitrogens is 1. The van der Waals surface area contributed by atoms with Gasteiger partial charge in [-0.2, -0.15) is 12.6 Å². The lowest BCUT2D eigenvalue weighted by atomic mass is 9.92. The summed E-state index contributed by atoms with van der Waals surface area (Å²) in [6.45, 7) is 1.11.